The van der Waals surface area contributed by atoms with Crippen LogP contribution in [0, 0.1) is 5.82 Å². The van der Waals surface area contributed by atoms with Gasteiger partial charge in [-0.05, 0) is 37.6 Å². The molecule has 1 heterocycles. The third kappa shape index (κ3) is 5.80. The van der Waals surface area contributed by atoms with Crippen LogP contribution in [0.5, 0.6) is 0 Å². The van der Waals surface area contributed by atoms with Gasteiger partial charge in [-0.3, -0.25) is 9.59 Å². The number of amides is 2. The monoisotopic (exact) mass is 343 g/mol. The molecule has 1 saturated heterocycles. The fraction of sp³-hybridized carbons (Fsp3) is 0.500. The SMILES string of the molecule is CNCC1CCCN1C(=O)CNC(=O)Cc1cccc(F)c1.Cl. The molecule has 128 valence electrons. The van der Waals surface area contributed by atoms with Gasteiger partial charge in [0.15, 0.2) is 0 Å². The zero-order valence-electron chi connectivity index (χ0n) is 13.2. The molecule has 1 aromatic carbocycles. The molecule has 0 bridgehead atoms. The topological polar surface area (TPSA) is 61.4 Å². The maximum atomic E-state index is 13.1. The van der Waals surface area contributed by atoms with Gasteiger partial charge < -0.3 is 15.5 Å². The van der Waals surface area contributed by atoms with Crippen molar-refractivity contribution >= 4 is 24.2 Å². The first-order valence-electron chi connectivity index (χ1n) is 7.55. The highest BCUT2D eigenvalue weighted by Crippen LogP contribution is 2.16. The molecule has 1 unspecified atom stereocenters. The van der Waals surface area contributed by atoms with Gasteiger partial charge in [-0.25, -0.2) is 4.39 Å². The van der Waals surface area contributed by atoms with Gasteiger partial charge in [0.1, 0.15) is 5.82 Å². The van der Waals surface area contributed by atoms with Crippen molar-refractivity contribution in [2.75, 3.05) is 26.7 Å². The molecule has 23 heavy (non-hydrogen) atoms. The molecule has 1 aliphatic heterocycles. The Bertz CT molecular complexity index is 542. The molecule has 1 aliphatic rings. The minimum absolute atomic E-state index is 0. The predicted octanol–water partition coefficient (Wildman–Crippen LogP) is 1.12. The van der Waals surface area contributed by atoms with Crippen LogP contribution in [0.2, 0.25) is 0 Å². The van der Waals surface area contributed by atoms with Crippen molar-refractivity contribution in [2.24, 2.45) is 0 Å². The molecule has 0 aromatic heterocycles. The van der Waals surface area contributed by atoms with E-state index in [0.29, 0.717) is 5.56 Å². The van der Waals surface area contributed by atoms with Gasteiger partial charge in [-0.2, -0.15) is 0 Å². The third-order valence-corrected chi connectivity index (χ3v) is 3.83. The number of rotatable bonds is 6. The molecule has 5 nitrogen and oxygen atoms in total. The summed E-state index contributed by atoms with van der Waals surface area (Å²) in [5.74, 6) is -0.706. The Morgan fingerprint density at radius 2 is 2.17 bits per heavy atom. The Kier molecular flexibility index (Phi) is 7.98. The van der Waals surface area contributed by atoms with Crippen molar-refractivity contribution < 1.29 is 14.0 Å². The second-order valence-corrected chi connectivity index (χ2v) is 5.52. The van der Waals surface area contributed by atoms with E-state index in [0.717, 1.165) is 25.9 Å². The predicted molar refractivity (Wildman–Crippen MR) is 89.0 cm³/mol. The summed E-state index contributed by atoms with van der Waals surface area (Å²) < 4.78 is 13.1. The van der Waals surface area contributed by atoms with Crippen molar-refractivity contribution in [1.82, 2.24) is 15.5 Å². The van der Waals surface area contributed by atoms with Gasteiger partial charge >= 0.3 is 0 Å². The summed E-state index contributed by atoms with van der Waals surface area (Å²) in [4.78, 5) is 25.8. The summed E-state index contributed by atoms with van der Waals surface area (Å²) in [6, 6.07) is 6.12. The third-order valence-electron chi connectivity index (χ3n) is 3.83. The van der Waals surface area contributed by atoms with Crippen molar-refractivity contribution in [3.63, 3.8) is 0 Å². The lowest BCUT2D eigenvalue weighted by molar-refractivity contribution is -0.133. The number of carbonyl (C=O) groups excluding carboxylic acids is 2. The van der Waals surface area contributed by atoms with E-state index in [9.17, 15) is 14.0 Å². The van der Waals surface area contributed by atoms with Crippen molar-refractivity contribution in [1.29, 1.82) is 0 Å². The van der Waals surface area contributed by atoms with E-state index in [1.165, 1.54) is 12.1 Å². The second-order valence-electron chi connectivity index (χ2n) is 5.52. The van der Waals surface area contributed by atoms with E-state index in [1.807, 2.05) is 11.9 Å². The number of likely N-dealkylation sites (tertiary alicyclic amines) is 1. The van der Waals surface area contributed by atoms with E-state index >= 15 is 0 Å². The number of likely N-dealkylation sites (N-methyl/N-ethyl adjacent to an activating group) is 1. The van der Waals surface area contributed by atoms with E-state index in [-0.39, 0.29) is 49.0 Å². The summed E-state index contributed by atoms with van der Waals surface area (Å²) >= 11 is 0. The summed E-state index contributed by atoms with van der Waals surface area (Å²) in [7, 11) is 1.86. The number of nitrogens with zero attached hydrogens (tertiary/aromatic N) is 1. The van der Waals surface area contributed by atoms with Gasteiger partial charge in [0, 0.05) is 19.1 Å². The van der Waals surface area contributed by atoms with Crippen molar-refractivity contribution in [3.8, 4) is 0 Å². The molecule has 2 rings (SSSR count). The lowest BCUT2D eigenvalue weighted by Gasteiger charge is -2.24. The van der Waals surface area contributed by atoms with Gasteiger partial charge in [-0.15, -0.1) is 12.4 Å². The summed E-state index contributed by atoms with van der Waals surface area (Å²) in [6.07, 6.45) is 2.06. The molecule has 7 heteroatoms. The largest absolute Gasteiger partial charge is 0.347 e. The number of nitrogens with one attached hydrogen (secondary N) is 2. The normalized spacial score (nSPS) is 16.8. The maximum Gasteiger partial charge on any atom is 0.242 e. The highest BCUT2D eigenvalue weighted by atomic mass is 35.5. The molecule has 2 amide bonds. The minimum Gasteiger partial charge on any atom is -0.347 e. The van der Waals surface area contributed by atoms with Crippen LogP contribution in [-0.2, 0) is 16.0 Å². The summed E-state index contributed by atoms with van der Waals surface area (Å²) in [5.41, 5.74) is 0.596. The Morgan fingerprint density at radius 1 is 1.39 bits per heavy atom. The van der Waals surface area contributed by atoms with Crippen LogP contribution < -0.4 is 10.6 Å². The second kappa shape index (κ2) is 9.47. The van der Waals surface area contributed by atoms with Gasteiger partial charge in [0.2, 0.25) is 11.8 Å². The molecule has 1 fully saturated rings. The molecule has 2 N–H and O–H groups in total. The lowest BCUT2D eigenvalue weighted by Crippen LogP contribution is -2.45. The zero-order valence-corrected chi connectivity index (χ0v) is 14.0. The molecule has 0 spiro atoms. The maximum absolute atomic E-state index is 13.1. The number of carbonyl (C=O) groups is 2. The van der Waals surface area contributed by atoms with E-state index in [4.69, 9.17) is 0 Å². The molecule has 0 radical (unpaired) electrons. The Morgan fingerprint density at radius 3 is 2.87 bits per heavy atom. The number of hydrogen-bond donors (Lipinski definition) is 2. The molecule has 1 atom stereocenters. The van der Waals surface area contributed by atoms with Crippen LogP contribution in [0.15, 0.2) is 24.3 Å². The van der Waals surface area contributed by atoms with E-state index in [1.54, 1.807) is 12.1 Å². The summed E-state index contributed by atoms with van der Waals surface area (Å²) in [5, 5.41) is 5.70. The first-order valence-corrected chi connectivity index (χ1v) is 7.55. The highest BCUT2D eigenvalue weighted by molar-refractivity contribution is 5.86. The van der Waals surface area contributed by atoms with Crippen LogP contribution in [0.1, 0.15) is 18.4 Å². The highest BCUT2D eigenvalue weighted by Gasteiger charge is 2.27. The Balaban J connectivity index is 0.00000264. The lowest BCUT2D eigenvalue weighted by atomic mass is 10.1. The van der Waals surface area contributed by atoms with Crippen LogP contribution in [-0.4, -0.2) is 49.4 Å². The van der Waals surface area contributed by atoms with Crippen molar-refractivity contribution in [3.05, 3.63) is 35.6 Å². The Labute approximate surface area is 142 Å². The average molecular weight is 344 g/mol. The quantitative estimate of drug-likeness (QED) is 0.813. The van der Waals surface area contributed by atoms with Crippen molar-refractivity contribution in [2.45, 2.75) is 25.3 Å². The number of halogens is 2. The molecule has 1 aromatic rings. The molecular weight excluding hydrogens is 321 g/mol. The van der Waals surface area contributed by atoms with Crippen LogP contribution in [0.3, 0.4) is 0 Å². The van der Waals surface area contributed by atoms with Gasteiger partial charge in [-0.1, -0.05) is 12.1 Å². The van der Waals surface area contributed by atoms with E-state index < -0.39 is 0 Å². The van der Waals surface area contributed by atoms with E-state index in [2.05, 4.69) is 10.6 Å². The first-order chi connectivity index (χ1) is 10.6. The van der Waals surface area contributed by atoms with Gasteiger partial charge in [0.25, 0.3) is 0 Å². The smallest absolute Gasteiger partial charge is 0.242 e. The van der Waals surface area contributed by atoms with Crippen LogP contribution >= 0.6 is 12.4 Å². The average Bonchev–Trinajstić information content (AvgIpc) is 2.93. The molecule has 0 aliphatic carbocycles. The molecular formula is C16H23ClFN3O2. The Hall–Kier alpha value is -1.66. The fourth-order valence-corrected chi connectivity index (χ4v) is 2.78. The molecule has 0 saturated carbocycles. The standard InChI is InChI=1S/C16H22FN3O2.ClH/c1-18-10-14-6-3-7-20(14)16(22)11-19-15(21)9-12-4-2-5-13(17)8-12;/h2,4-5,8,14,18H,3,6-7,9-11H2,1H3,(H,19,21);1H. The van der Waals surface area contributed by atoms with Crippen LogP contribution in [0.25, 0.3) is 0 Å². The first kappa shape index (κ1) is 19.4. The van der Waals surface area contributed by atoms with Crippen LogP contribution in [0.4, 0.5) is 4.39 Å². The fourth-order valence-electron chi connectivity index (χ4n) is 2.78. The minimum atomic E-state index is -0.367. The van der Waals surface area contributed by atoms with Gasteiger partial charge in [0.05, 0.1) is 13.0 Å². The zero-order chi connectivity index (χ0) is 15.9. The number of benzene rings is 1. The summed E-state index contributed by atoms with van der Waals surface area (Å²) in [6.45, 7) is 1.50. The number of hydrogen-bond acceptors (Lipinski definition) is 3.